The van der Waals surface area contributed by atoms with Crippen molar-refractivity contribution in [3.05, 3.63) is 42.0 Å². The summed E-state index contributed by atoms with van der Waals surface area (Å²) in [5.41, 5.74) is 3.07. The summed E-state index contributed by atoms with van der Waals surface area (Å²) in [6, 6.07) is 10.5. The fourth-order valence-corrected chi connectivity index (χ4v) is 2.33. The van der Waals surface area contributed by atoms with Gasteiger partial charge in [-0.3, -0.25) is 4.79 Å². The van der Waals surface area contributed by atoms with Crippen molar-refractivity contribution in [2.75, 3.05) is 34.5 Å². The number of carbonyl (C=O) groups is 1. The van der Waals surface area contributed by atoms with E-state index in [1.807, 2.05) is 6.92 Å². The third-order valence-corrected chi connectivity index (χ3v) is 3.59. The maximum Gasteiger partial charge on any atom is 0.277 e. The second-order valence-corrected chi connectivity index (χ2v) is 5.44. The molecule has 0 saturated heterocycles. The van der Waals surface area contributed by atoms with E-state index in [-0.39, 0.29) is 6.61 Å². The topological polar surface area (TPSA) is 87.6 Å². The van der Waals surface area contributed by atoms with Crippen LogP contribution >= 0.6 is 0 Å². The molecule has 0 fully saturated rings. The van der Waals surface area contributed by atoms with Gasteiger partial charge in [0.2, 0.25) is 5.75 Å². The Balaban J connectivity index is 1.90. The Morgan fingerprint density at radius 2 is 1.54 bits per heavy atom. The quantitative estimate of drug-likeness (QED) is 0.497. The van der Waals surface area contributed by atoms with E-state index in [1.165, 1.54) is 27.5 Å². The molecule has 0 spiro atoms. The van der Waals surface area contributed by atoms with E-state index in [9.17, 15) is 4.79 Å². The zero-order valence-corrected chi connectivity index (χ0v) is 16.4. The molecule has 2 rings (SSSR count). The fourth-order valence-electron chi connectivity index (χ4n) is 2.33. The van der Waals surface area contributed by atoms with Crippen LogP contribution in [-0.4, -0.2) is 46.7 Å². The molecule has 1 amide bonds. The van der Waals surface area contributed by atoms with E-state index in [0.29, 0.717) is 35.2 Å². The molecule has 0 aliphatic heterocycles. The van der Waals surface area contributed by atoms with Gasteiger partial charge in [-0.25, -0.2) is 5.43 Å². The summed E-state index contributed by atoms with van der Waals surface area (Å²) in [7, 11) is 4.58. The standard InChI is InChI=1S/C20H24N2O6/c1-5-27-15-6-8-16(9-7-15)28-13-19(23)22-21-12-14-10-17(24-2)20(26-4)18(11-14)25-3/h6-12H,5,13H2,1-4H3,(H,22,23)/b21-12-. The minimum atomic E-state index is -0.391. The summed E-state index contributed by atoms with van der Waals surface area (Å²) >= 11 is 0. The van der Waals surface area contributed by atoms with Crippen LogP contribution in [0.15, 0.2) is 41.5 Å². The average molecular weight is 388 g/mol. The van der Waals surface area contributed by atoms with Crippen molar-refractivity contribution < 1.29 is 28.5 Å². The lowest BCUT2D eigenvalue weighted by atomic mass is 10.2. The number of carbonyl (C=O) groups excluding carboxylic acids is 1. The molecule has 150 valence electrons. The average Bonchev–Trinajstić information content (AvgIpc) is 2.72. The van der Waals surface area contributed by atoms with Gasteiger partial charge in [-0.2, -0.15) is 5.10 Å². The van der Waals surface area contributed by atoms with Gasteiger partial charge < -0.3 is 23.7 Å². The van der Waals surface area contributed by atoms with Crippen molar-refractivity contribution in [1.29, 1.82) is 0 Å². The molecule has 0 radical (unpaired) electrons. The van der Waals surface area contributed by atoms with Gasteiger partial charge in [-0.15, -0.1) is 0 Å². The summed E-state index contributed by atoms with van der Waals surface area (Å²) in [6.07, 6.45) is 1.47. The number of rotatable bonds is 10. The Hall–Kier alpha value is -3.42. The number of nitrogens with zero attached hydrogens (tertiary/aromatic N) is 1. The van der Waals surface area contributed by atoms with Gasteiger partial charge in [0, 0.05) is 5.56 Å². The van der Waals surface area contributed by atoms with Gasteiger partial charge in [0.25, 0.3) is 5.91 Å². The lowest BCUT2D eigenvalue weighted by molar-refractivity contribution is -0.123. The SMILES string of the molecule is CCOc1ccc(OCC(=O)N/N=C\c2cc(OC)c(OC)c(OC)c2)cc1. The summed E-state index contributed by atoms with van der Waals surface area (Å²) in [5.74, 6) is 2.39. The molecule has 1 N–H and O–H groups in total. The first-order chi connectivity index (χ1) is 13.6. The normalized spacial score (nSPS) is 10.4. The number of methoxy groups -OCH3 is 3. The summed E-state index contributed by atoms with van der Waals surface area (Å²) < 4.78 is 26.6. The number of hydrazone groups is 1. The zero-order valence-electron chi connectivity index (χ0n) is 16.4. The summed E-state index contributed by atoms with van der Waals surface area (Å²) in [5, 5.41) is 3.92. The Labute approximate surface area is 164 Å². The molecule has 0 bridgehead atoms. The molecule has 8 heteroatoms. The highest BCUT2D eigenvalue weighted by Crippen LogP contribution is 2.37. The van der Waals surface area contributed by atoms with Crippen LogP contribution in [0.2, 0.25) is 0 Å². The van der Waals surface area contributed by atoms with E-state index in [1.54, 1.807) is 36.4 Å². The van der Waals surface area contributed by atoms with Gasteiger partial charge >= 0.3 is 0 Å². The third kappa shape index (κ3) is 5.80. The molecule has 0 aliphatic rings. The van der Waals surface area contributed by atoms with Crippen LogP contribution in [-0.2, 0) is 4.79 Å². The van der Waals surface area contributed by atoms with E-state index in [2.05, 4.69) is 10.5 Å². The van der Waals surface area contributed by atoms with Crippen molar-refractivity contribution in [3.63, 3.8) is 0 Å². The lowest BCUT2D eigenvalue weighted by Gasteiger charge is -2.12. The minimum absolute atomic E-state index is 0.166. The number of nitrogens with one attached hydrogen (secondary N) is 1. The van der Waals surface area contributed by atoms with E-state index in [0.717, 1.165) is 5.75 Å². The third-order valence-electron chi connectivity index (χ3n) is 3.59. The number of hydrogen-bond acceptors (Lipinski definition) is 7. The van der Waals surface area contributed by atoms with Crippen LogP contribution in [0.5, 0.6) is 28.7 Å². The zero-order chi connectivity index (χ0) is 20.4. The first-order valence-corrected chi connectivity index (χ1v) is 8.58. The van der Waals surface area contributed by atoms with Crippen LogP contribution in [0.4, 0.5) is 0 Å². The van der Waals surface area contributed by atoms with Crippen molar-refractivity contribution in [2.45, 2.75) is 6.92 Å². The van der Waals surface area contributed by atoms with E-state index in [4.69, 9.17) is 23.7 Å². The maximum atomic E-state index is 11.9. The summed E-state index contributed by atoms with van der Waals surface area (Å²) in [6.45, 7) is 2.33. The van der Waals surface area contributed by atoms with Crippen LogP contribution in [0, 0.1) is 0 Å². The Morgan fingerprint density at radius 1 is 0.964 bits per heavy atom. The van der Waals surface area contributed by atoms with Crippen molar-refractivity contribution in [2.24, 2.45) is 5.10 Å². The molecule has 0 aliphatic carbocycles. The molecule has 28 heavy (non-hydrogen) atoms. The molecule has 2 aromatic carbocycles. The van der Waals surface area contributed by atoms with Crippen molar-refractivity contribution in [3.8, 4) is 28.7 Å². The van der Waals surface area contributed by atoms with Crippen LogP contribution in [0.1, 0.15) is 12.5 Å². The molecule has 0 saturated carbocycles. The molecular formula is C20H24N2O6. The second kappa shape index (κ2) is 10.7. The molecule has 0 unspecified atom stereocenters. The van der Waals surface area contributed by atoms with Gasteiger partial charge in [0.1, 0.15) is 11.5 Å². The first kappa shape index (κ1) is 20.9. The number of hydrogen-bond donors (Lipinski definition) is 1. The molecule has 8 nitrogen and oxygen atoms in total. The molecule has 0 aromatic heterocycles. The number of amides is 1. The predicted octanol–water partition coefficient (Wildman–Crippen LogP) is 2.64. The highest BCUT2D eigenvalue weighted by molar-refractivity contribution is 5.84. The van der Waals surface area contributed by atoms with Crippen LogP contribution in [0.25, 0.3) is 0 Å². The molecule has 2 aromatic rings. The minimum Gasteiger partial charge on any atom is -0.494 e. The van der Waals surface area contributed by atoms with E-state index >= 15 is 0 Å². The van der Waals surface area contributed by atoms with Crippen LogP contribution < -0.4 is 29.1 Å². The monoisotopic (exact) mass is 388 g/mol. The molecule has 0 heterocycles. The smallest absolute Gasteiger partial charge is 0.277 e. The molecule has 0 atom stereocenters. The lowest BCUT2D eigenvalue weighted by Crippen LogP contribution is -2.24. The number of benzene rings is 2. The van der Waals surface area contributed by atoms with Crippen molar-refractivity contribution in [1.82, 2.24) is 5.43 Å². The van der Waals surface area contributed by atoms with E-state index < -0.39 is 5.91 Å². The maximum absolute atomic E-state index is 11.9. The molecular weight excluding hydrogens is 364 g/mol. The Kier molecular flexibility index (Phi) is 7.95. The van der Waals surface area contributed by atoms with Crippen LogP contribution in [0.3, 0.4) is 0 Å². The van der Waals surface area contributed by atoms with Gasteiger partial charge in [-0.05, 0) is 43.3 Å². The Bertz CT molecular complexity index is 780. The van der Waals surface area contributed by atoms with Gasteiger partial charge in [0.05, 0.1) is 34.2 Å². The second-order valence-electron chi connectivity index (χ2n) is 5.44. The predicted molar refractivity (Wildman–Crippen MR) is 105 cm³/mol. The van der Waals surface area contributed by atoms with Gasteiger partial charge in [-0.1, -0.05) is 0 Å². The highest BCUT2D eigenvalue weighted by Gasteiger charge is 2.12. The summed E-state index contributed by atoms with van der Waals surface area (Å²) in [4.78, 5) is 11.9. The van der Waals surface area contributed by atoms with Crippen molar-refractivity contribution >= 4 is 12.1 Å². The largest absolute Gasteiger partial charge is 0.494 e. The van der Waals surface area contributed by atoms with Gasteiger partial charge in [0.15, 0.2) is 18.1 Å². The highest BCUT2D eigenvalue weighted by atomic mass is 16.5. The first-order valence-electron chi connectivity index (χ1n) is 8.58. The Morgan fingerprint density at radius 3 is 2.04 bits per heavy atom. The fraction of sp³-hybridized carbons (Fsp3) is 0.300. The number of ether oxygens (including phenoxy) is 5.